The molecule has 172 valence electrons. The van der Waals surface area contributed by atoms with Crippen LogP contribution in [0.1, 0.15) is 56.0 Å². The fourth-order valence-electron chi connectivity index (χ4n) is 4.42. The summed E-state index contributed by atoms with van der Waals surface area (Å²) >= 11 is 0. The zero-order valence-electron chi connectivity index (χ0n) is 18.8. The number of likely N-dealkylation sites (tertiary alicyclic amines) is 1. The van der Waals surface area contributed by atoms with Gasteiger partial charge in [0.25, 0.3) is 0 Å². The Morgan fingerprint density at radius 3 is 2.59 bits per heavy atom. The van der Waals surface area contributed by atoms with E-state index < -0.39 is 17.7 Å². The summed E-state index contributed by atoms with van der Waals surface area (Å²) in [6.45, 7) is 7.74. The number of nitrogens with zero attached hydrogens (tertiary/aromatic N) is 1. The molecule has 1 unspecified atom stereocenters. The van der Waals surface area contributed by atoms with Crippen LogP contribution < -0.4 is 10.6 Å². The van der Waals surface area contributed by atoms with Gasteiger partial charge in [0.1, 0.15) is 17.7 Å². The molecule has 0 aromatic heterocycles. The molecule has 1 heterocycles. The van der Waals surface area contributed by atoms with E-state index in [2.05, 4.69) is 22.8 Å². The van der Waals surface area contributed by atoms with Crippen LogP contribution in [0, 0.1) is 11.6 Å². The summed E-state index contributed by atoms with van der Waals surface area (Å²) in [6.07, 6.45) is 1.63. The Hall–Kier alpha value is -2.35. The van der Waals surface area contributed by atoms with Crippen molar-refractivity contribution < 1.29 is 18.3 Å². The molecule has 0 bridgehead atoms. The van der Waals surface area contributed by atoms with Crippen LogP contribution in [0.4, 0.5) is 8.78 Å². The van der Waals surface area contributed by atoms with Gasteiger partial charge in [-0.05, 0) is 50.8 Å². The van der Waals surface area contributed by atoms with Gasteiger partial charge in [-0.3, -0.25) is 15.0 Å². The van der Waals surface area contributed by atoms with E-state index in [0.29, 0.717) is 26.2 Å². The number of ether oxygens (including phenoxy) is 1. The topological polar surface area (TPSA) is 53.6 Å². The molecule has 0 radical (unpaired) electrons. The number of amides is 1. The zero-order valence-corrected chi connectivity index (χ0v) is 18.8. The summed E-state index contributed by atoms with van der Waals surface area (Å²) in [7, 11) is 0. The normalized spacial score (nSPS) is 21.7. The Morgan fingerprint density at radius 2 is 1.94 bits per heavy atom. The van der Waals surface area contributed by atoms with Crippen LogP contribution in [0.2, 0.25) is 0 Å². The zero-order chi connectivity index (χ0) is 22.9. The predicted octanol–water partition coefficient (Wildman–Crippen LogP) is 3.86. The third-order valence-corrected chi connectivity index (χ3v) is 6.13. The van der Waals surface area contributed by atoms with Crippen molar-refractivity contribution in [1.82, 2.24) is 15.5 Å². The van der Waals surface area contributed by atoms with Gasteiger partial charge in [0, 0.05) is 24.7 Å². The van der Waals surface area contributed by atoms with Crippen molar-refractivity contribution in [2.75, 3.05) is 19.8 Å². The van der Waals surface area contributed by atoms with Crippen molar-refractivity contribution in [3.05, 3.63) is 70.8 Å². The molecule has 1 fully saturated rings. The molecule has 7 heteroatoms. The molecular formula is C25H31F2N3O2. The van der Waals surface area contributed by atoms with Crippen LogP contribution in [-0.4, -0.2) is 42.3 Å². The first-order valence-electron chi connectivity index (χ1n) is 11.2. The summed E-state index contributed by atoms with van der Waals surface area (Å²) in [4.78, 5) is 15.4. The van der Waals surface area contributed by atoms with Crippen LogP contribution in [0.5, 0.6) is 0 Å². The lowest BCUT2D eigenvalue weighted by molar-refractivity contribution is -0.129. The summed E-state index contributed by atoms with van der Waals surface area (Å²) in [6, 6.07) is 10.4. The second kappa shape index (κ2) is 9.25. The highest BCUT2D eigenvalue weighted by Gasteiger charge is 2.38. The number of hydrogen-bond acceptors (Lipinski definition) is 4. The van der Waals surface area contributed by atoms with Crippen molar-refractivity contribution in [2.24, 2.45) is 0 Å². The van der Waals surface area contributed by atoms with E-state index in [0.717, 1.165) is 18.1 Å². The highest BCUT2D eigenvalue weighted by Crippen LogP contribution is 2.33. The van der Waals surface area contributed by atoms with Crippen LogP contribution in [-0.2, 0) is 16.0 Å². The SMILES string of the molecule is CC(C)(C)OCN[C@H]1c2ccccc2C[C@@H]1NC(=O)C(c1ccc(F)cc1F)N1CCC1. The molecule has 0 spiro atoms. The summed E-state index contributed by atoms with van der Waals surface area (Å²) in [5.41, 5.74) is 2.22. The van der Waals surface area contributed by atoms with E-state index in [4.69, 9.17) is 4.74 Å². The maximum absolute atomic E-state index is 14.6. The van der Waals surface area contributed by atoms with E-state index in [-0.39, 0.29) is 29.2 Å². The number of nitrogens with one attached hydrogen (secondary N) is 2. The monoisotopic (exact) mass is 443 g/mol. The molecule has 1 aliphatic heterocycles. The van der Waals surface area contributed by atoms with Crippen molar-refractivity contribution in [3.8, 4) is 0 Å². The lowest BCUT2D eigenvalue weighted by Crippen LogP contribution is -2.51. The third-order valence-electron chi connectivity index (χ3n) is 6.13. The molecule has 2 aromatic rings. The van der Waals surface area contributed by atoms with Crippen LogP contribution >= 0.6 is 0 Å². The van der Waals surface area contributed by atoms with Gasteiger partial charge in [0.2, 0.25) is 5.91 Å². The quantitative estimate of drug-likeness (QED) is 0.639. The number of hydrogen-bond donors (Lipinski definition) is 2. The Bertz CT molecular complexity index is 972. The molecule has 1 aliphatic carbocycles. The average Bonchev–Trinajstić information content (AvgIpc) is 3.01. The molecule has 32 heavy (non-hydrogen) atoms. The number of benzene rings is 2. The van der Waals surface area contributed by atoms with Gasteiger partial charge in [-0.2, -0.15) is 0 Å². The number of fused-ring (bicyclic) bond motifs is 1. The molecule has 1 saturated heterocycles. The minimum absolute atomic E-state index is 0.118. The van der Waals surface area contributed by atoms with Crippen molar-refractivity contribution in [1.29, 1.82) is 0 Å². The number of rotatable bonds is 7. The number of carbonyl (C=O) groups is 1. The van der Waals surface area contributed by atoms with Crippen LogP contribution in [0.15, 0.2) is 42.5 Å². The van der Waals surface area contributed by atoms with Gasteiger partial charge in [-0.15, -0.1) is 0 Å². The smallest absolute Gasteiger partial charge is 0.242 e. The second-order valence-corrected chi connectivity index (χ2v) is 9.56. The van der Waals surface area contributed by atoms with Crippen LogP contribution in [0.3, 0.4) is 0 Å². The summed E-state index contributed by atoms with van der Waals surface area (Å²) in [5, 5.41) is 6.58. The molecule has 2 aromatic carbocycles. The van der Waals surface area contributed by atoms with Crippen molar-refractivity contribution in [3.63, 3.8) is 0 Å². The fraction of sp³-hybridized carbons (Fsp3) is 0.480. The molecule has 1 amide bonds. The van der Waals surface area contributed by atoms with E-state index in [1.807, 2.05) is 37.8 Å². The van der Waals surface area contributed by atoms with E-state index in [9.17, 15) is 13.6 Å². The van der Waals surface area contributed by atoms with E-state index in [1.54, 1.807) is 0 Å². The second-order valence-electron chi connectivity index (χ2n) is 9.56. The standard InChI is InChI=1S/C25H31F2N3O2/c1-25(2,3)32-15-28-22-18-8-5-4-7-16(18)13-21(22)29-24(31)23(30-11-6-12-30)19-10-9-17(26)14-20(19)27/h4-5,7-10,14,21-23,28H,6,11-13,15H2,1-3H3,(H,29,31)/t21-,22-,23?/m0/s1. The minimum Gasteiger partial charge on any atom is -0.361 e. The van der Waals surface area contributed by atoms with Gasteiger partial charge in [-0.1, -0.05) is 30.3 Å². The Morgan fingerprint density at radius 1 is 1.19 bits per heavy atom. The molecule has 2 aliphatic rings. The Kier molecular flexibility index (Phi) is 6.60. The molecule has 4 rings (SSSR count). The van der Waals surface area contributed by atoms with Crippen molar-refractivity contribution in [2.45, 2.75) is 57.3 Å². The third kappa shape index (κ3) is 5.00. The molecule has 5 nitrogen and oxygen atoms in total. The van der Waals surface area contributed by atoms with Gasteiger partial charge < -0.3 is 10.1 Å². The minimum atomic E-state index is -0.778. The first-order chi connectivity index (χ1) is 15.2. The summed E-state index contributed by atoms with van der Waals surface area (Å²) < 4.78 is 33.9. The molecule has 3 atom stereocenters. The van der Waals surface area contributed by atoms with E-state index in [1.165, 1.54) is 17.7 Å². The van der Waals surface area contributed by atoms with Gasteiger partial charge in [0.05, 0.1) is 24.4 Å². The largest absolute Gasteiger partial charge is 0.361 e. The van der Waals surface area contributed by atoms with Crippen molar-refractivity contribution >= 4 is 5.91 Å². The maximum Gasteiger partial charge on any atom is 0.242 e. The average molecular weight is 444 g/mol. The van der Waals surface area contributed by atoms with Crippen LogP contribution in [0.25, 0.3) is 0 Å². The fourth-order valence-corrected chi connectivity index (χ4v) is 4.42. The Balaban J connectivity index is 1.54. The first kappa shape index (κ1) is 22.8. The van der Waals surface area contributed by atoms with E-state index >= 15 is 0 Å². The molecular weight excluding hydrogens is 412 g/mol. The summed E-state index contributed by atoms with van der Waals surface area (Å²) in [5.74, 6) is -1.61. The Labute approximate surface area is 188 Å². The first-order valence-corrected chi connectivity index (χ1v) is 11.2. The lowest BCUT2D eigenvalue weighted by atomic mass is 9.99. The molecule has 0 saturated carbocycles. The highest BCUT2D eigenvalue weighted by atomic mass is 19.1. The van der Waals surface area contributed by atoms with Gasteiger partial charge >= 0.3 is 0 Å². The number of carbonyl (C=O) groups excluding carboxylic acids is 1. The van der Waals surface area contributed by atoms with Gasteiger partial charge in [0.15, 0.2) is 0 Å². The number of halogens is 2. The predicted molar refractivity (Wildman–Crippen MR) is 119 cm³/mol. The highest BCUT2D eigenvalue weighted by molar-refractivity contribution is 5.84. The maximum atomic E-state index is 14.6. The lowest BCUT2D eigenvalue weighted by Gasteiger charge is -2.38. The molecule has 2 N–H and O–H groups in total. The van der Waals surface area contributed by atoms with Gasteiger partial charge in [-0.25, -0.2) is 8.78 Å².